The average molecular weight is 546 g/mol. The Morgan fingerprint density at radius 3 is 2.50 bits per heavy atom. The third-order valence-corrected chi connectivity index (χ3v) is 7.04. The molecular weight excluding hydrogens is 506 g/mol. The van der Waals surface area contributed by atoms with Crippen LogP contribution in [0.4, 0.5) is 16.2 Å². The Bertz CT molecular complexity index is 1270. The largest absolute Gasteiger partial charge is 0.493 e. The van der Waals surface area contributed by atoms with Crippen LogP contribution in [-0.4, -0.2) is 54.9 Å². The summed E-state index contributed by atoms with van der Waals surface area (Å²) in [5.74, 6) is 0.468. The quantitative estimate of drug-likeness (QED) is 0.280. The SMILES string of the molecule is CCOc1cc(NC(=O)CCCc2ccc(-c3ccccc3)c(NC(=O)OC3CCN(C)CC3)c2)ccc1CO. The molecule has 1 fully saturated rings. The van der Waals surface area contributed by atoms with E-state index in [4.69, 9.17) is 9.47 Å². The van der Waals surface area contributed by atoms with Crippen molar-refractivity contribution in [2.75, 3.05) is 37.4 Å². The van der Waals surface area contributed by atoms with Crippen molar-refractivity contribution in [3.8, 4) is 16.9 Å². The molecule has 0 saturated carbocycles. The Morgan fingerprint density at radius 2 is 1.77 bits per heavy atom. The van der Waals surface area contributed by atoms with E-state index in [1.165, 1.54) is 0 Å². The number of piperidine rings is 1. The zero-order chi connectivity index (χ0) is 28.3. The molecule has 1 aliphatic heterocycles. The average Bonchev–Trinajstić information content (AvgIpc) is 2.95. The van der Waals surface area contributed by atoms with Gasteiger partial charge in [0.2, 0.25) is 5.91 Å². The number of carbonyl (C=O) groups excluding carboxylic acids is 2. The zero-order valence-corrected chi connectivity index (χ0v) is 23.3. The molecular formula is C32H39N3O5. The second-order valence-electron chi connectivity index (χ2n) is 10.1. The van der Waals surface area contributed by atoms with Gasteiger partial charge in [0, 0.05) is 42.4 Å². The Morgan fingerprint density at radius 1 is 1.00 bits per heavy atom. The van der Waals surface area contributed by atoms with E-state index in [0.717, 1.165) is 42.6 Å². The number of carbonyl (C=O) groups is 2. The van der Waals surface area contributed by atoms with Gasteiger partial charge in [0.05, 0.1) is 18.9 Å². The number of likely N-dealkylation sites (tertiary alicyclic amines) is 1. The van der Waals surface area contributed by atoms with Crippen molar-refractivity contribution in [1.82, 2.24) is 4.90 Å². The van der Waals surface area contributed by atoms with E-state index in [9.17, 15) is 14.7 Å². The van der Waals surface area contributed by atoms with Crippen LogP contribution in [0.25, 0.3) is 11.1 Å². The number of ether oxygens (including phenoxy) is 2. The standard InChI is InChI=1S/C32H39N3O5/c1-3-39-30-21-26(14-13-25(30)22-36)33-31(37)11-7-8-23-12-15-28(24-9-5-4-6-10-24)29(20-23)34-32(38)40-27-16-18-35(2)19-17-27/h4-6,9-10,12-15,20-21,27,36H,3,7-8,11,16-19,22H2,1-2H3,(H,33,37)(H,34,38). The molecule has 212 valence electrons. The van der Waals surface area contributed by atoms with Crippen LogP contribution in [0.1, 0.15) is 43.7 Å². The Hall–Kier alpha value is -3.88. The molecule has 1 heterocycles. The van der Waals surface area contributed by atoms with Gasteiger partial charge in [-0.25, -0.2) is 4.79 Å². The highest BCUT2D eigenvalue weighted by Crippen LogP contribution is 2.30. The molecule has 0 radical (unpaired) electrons. The fraction of sp³-hybridized carbons (Fsp3) is 0.375. The summed E-state index contributed by atoms with van der Waals surface area (Å²) in [6.45, 7) is 4.05. The number of aliphatic hydroxyl groups is 1. The number of amides is 2. The third kappa shape index (κ3) is 8.31. The lowest BCUT2D eigenvalue weighted by atomic mass is 9.99. The first-order valence-electron chi connectivity index (χ1n) is 14.0. The number of nitrogens with zero attached hydrogens (tertiary/aromatic N) is 1. The molecule has 1 aliphatic rings. The molecule has 0 unspecified atom stereocenters. The van der Waals surface area contributed by atoms with Gasteiger partial charge >= 0.3 is 6.09 Å². The Balaban J connectivity index is 1.38. The maximum atomic E-state index is 12.8. The van der Waals surface area contributed by atoms with Gasteiger partial charge in [-0.05, 0) is 62.9 Å². The first-order valence-corrected chi connectivity index (χ1v) is 14.0. The van der Waals surface area contributed by atoms with Crippen molar-refractivity contribution in [2.24, 2.45) is 0 Å². The van der Waals surface area contributed by atoms with Crippen LogP contribution >= 0.6 is 0 Å². The number of benzene rings is 3. The van der Waals surface area contributed by atoms with Crippen molar-refractivity contribution in [2.45, 2.75) is 51.7 Å². The number of hydrogen-bond acceptors (Lipinski definition) is 6. The van der Waals surface area contributed by atoms with Gasteiger partial charge in [0.1, 0.15) is 11.9 Å². The van der Waals surface area contributed by atoms with E-state index in [-0.39, 0.29) is 18.6 Å². The second-order valence-corrected chi connectivity index (χ2v) is 10.1. The van der Waals surface area contributed by atoms with Gasteiger partial charge in [0.25, 0.3) is 0 Å². The van der Waals surface area contributed by atoms with Gasteiger partial charge in [-0.1, -0.05) is 48.5 Å². The van der Waals surface area contributed by atoms with E-state index in [1.807, 2.05) is 55.5 Å². The molecule has 0 aliphatic carbocycles. The minimum absolute atomic E-state index is 0.0810. The summed E-state index contributed by atoms with van der Waals surface area (Å²) in [6, 6.07) is 21.2. The highest BCUT2D eigenvalue weighted by Gasteiger charge is 2.21. The molecule has 4 rings (SSSR count). The van der Waals surface area contributed by atoms with Crippen LogP contribution in [0.2, 0.25) is 0 Å². The van der Waals surface area contributed by atoms with E-state index in [0.29, 0.717) is 48.6 Å². The normalized spacial score (nSPS) is 14.0. The van der Waals surface area contributed by atoms with Crippen LogP contribution < -0.4 is 15.4 Å². The first kappa shape index (κ1) is 29.1. The summed E-state index contributed by atoms with van der Waals surface area (Å²) >= 11 is 0. The van der Waals surface area contributed by atoms with Crippen molar-refractivity contribution in [3.05, 3.63) is 77.9 Å². The van der Waals surface area contributed by atoms with Crippen molar-refractivity contribution >= 4 is 23.4 Å². The van der Waals surface area contributed by atoms with Gasteiger partial charge in [-0.2, -0.15) is 0 Å². The van der Waals surface area contributed by atoms with E-state index < -0.39 is 6.09 Å². The second kappa shape index (κ2) is 14.5. The molecule has 3 aromatic carbocycles. The van der Waals surface area contributed by atoms with Crippen LogP contribution in [0.15, 0.2) is 66.7 Å². The summed E-state index contributed by atoms with van der Waals surface area (Å²) in [5, 5.41) is 15.4. The monoisotopic (exact) mass is 545 g/mol. The Labute approximate surface area is 236 Å². The molecule has 0 aromatic heterocycles. The minimum atomic E-state index is -0.443. The molecule has 3 N–H and O–H groups in total. The highest BCUT2D eigenvalue weighted by atomic mass is 16.6. The van der Waals surface area contributed by atoms with E-state index in [2.05, 4.69) is 22.6 Å². The Kier molecular flexibility index (Phi) is 10.5. The molecule has 8 heteroatoms. The molecule has 0 spiro atoms. The number of nitrogens with one attached hydrogen (secondary N) is 2. The van der Waals surface area contributed by atoms with E-state index >= 15 is 0 Å². The van der Waals surface area contributed by atoms with Crippen LogP contribution in [0, 0.1) is 0 Å². The summed E-state index contributed by atoms with van der Waals surface area (Å²) < 4.78 is 11.3. The van der Waals surface area contributed by atoms with E-state index in [1.54, 1.807) is 18.2 Å². The summed E-state index contributed by atoms with van der Waals surface area (Å²) in [6.07, 6.45) is 2.79. The smallest absolute Gasteiger partial charge is 0.411 e. The molecule has 0 atom stereocenters. The number of hydrogen-bond donors (Lipinski definition) is 3. The molecule has 8 nitrogen and oxygen atoms in total. The van der Waals surface area contributed by atoms with Crippen molar-refractivity contribution < 1.29 is 24.2 Å². The van der Waals surface area contributed by atoms with Crippen molar-refractivity contribution in [1.29, 1.82) is 0 Å². The molecule has 1 saturated heterocycles. The number of anilines is 2. The van der Waals surface area contributed by atoms with Gasteiger partial charge in [-0.15, -0.1) is 0 Å². The minimum Gasteiger partial charge on any atom is -0.493 e. The summed E-state index contributed by atoms with van der Waals surface area (Å²) in [4.78, 5) is 27.7. The van der Waals surface area contributed by atoms with Crippen LogP contribution in [0.5, 0.6) is 5.75 Å². The number of aryl methyl sites for hydroxylation is 1. The lowest BCUT2D eigenvalue weighted by molar-refractivity contribution is -0.116. The summed E-state index contributed by atoms with van der Waals surface area (Å²) in [5.41, 5.74) is 4.94. The molecule has 40 heavy (non-hydrogen) atoms. The first-order chi connectivity index (χ1) is 19.4. The van der Waals surface area contributed by atoms with Crippen LogP contribution in [0.3, 0.4) is 0 Å². The van der Waals surface area contributed by atoms with Crippen LogP contribution in [-0.2, 0) is 22.6 Å². The lowest BCUT2D eigenvalue weighted by Crippen LogP contribution is -2.36. The maximum Gasteiger partial charge on any atom is 0.411 e. The van der Waals surface area contributed by atoms with Crippen molar-refractivity contribution in [3.63, 3.8) is 0 Å². The highest BCUT2D eigenvalue weighted by molar-refractivity contribution is 5.92. The fourth-order valence-electron chi connectivity index (χ4n) is 4.84. The molecule has 3 aromatic rings. The zero-order valence-electron chi connectivity index (χ0n) is 23.3. The molecule has 0 bridgehead atoms. The summed E-state index contributed by atoms with van der Waals surface area (Å²) in [7, 11) is 2.07. The number of aliphatic hydroxyl groups excluding tert-OH is 1. The lowest BCUT2D eigenvalue weighted by Gasteiger charge is -2.28. The van der Waals surface area contributed by atoms with Gasteiger partial charge in [-0.3, -0.25) is 10.1 Å². The van der Waals surface area contributed by atoms with Gasteiger partial charge < -0.3 is 24.8 Å². The number of rotatable bonds is 11. The third-order valence-electron chi connectivity index (χ3n) is 7.04. The maximum absolute atomic E-state index is 12.8. The fourth-order valence-corrected chi connectivity index (χ4v) is 4.84. The predicted molar refractivity (Wildman–Crippen MR) is 158 cm³/mol. The molecule has 2 amide bonds. The van der Waals surface area contributed by atoms with Gasteiger partial charge in [0.15, 0.2) is 0 Å². The predicted octanol–water partition coefficient (Wildman–Crippen LogP) is 5.85. The topological polar surface area (TPSA) is 100 Å².